The molecule has 274 valence electrons. The fourth-order valence-electron chi connectivity index (χ4n) is 7.18. The number of aromatic hydroxyl groups is 1. The Labute approximate surface area is 287 Å². The molecule has 2 saturated heterocycles. The minimum Gasteiger partial charge on any atom is -0.507 e. The topological polar surface area (TPSA) is 311 Å². The summed E-state index contributed by atoms with van der Waals surface area (Å²) in [6.07, 6.45) is -19.7. The van der Waals surface area contributed by atoms with Crippen LogP contribution >= 0.6 is 12.6 Å². The number of Topliss-reactive ketones (excluding diaryl/α,β-unsaturated/α-hetero) is 3. The van der Waals surface area contributed by atoms with Crippen molar-refractivity contribution in [1.82, 2.24) is 0 Å². The lowest BCUT2D eigenvalue weighted by Crippen LogP contribution is -2.77. The van der Waals surface area contributed by atoms with Crippen LogP contribution in [0, 0.1) is 0 Å². The van der Waals surface area contributed by atoms with Crippen LogP contribution in [0.15, 0.2) is 41.2 Å². The smallest absolute Gasteiger partial charge is 0.214 e. The lowest BCUT2D eigenvalue weighted by molar-refractivity contribution is -0.353. The molecule has 1 saturated carbocycles. The Morgan fingerprint density at radius 2 is 1.46 bits per heavy atom. The van der Waals surface area contributed by atoms with Crippen LogP contribution in [0.2, 0.25) is 0 Å². The van der Waals surface area contributed by atoms with E-state index >= 15 is 0 Å². The number of aliphatic hydroxyl groups is 10. The Bertz CT molecular complexity index is 1660. The standard InChI is InChI=1S/C31H36O18S/c1-29(44)8-30(49-27-23(41)21(39)19(37)12(6-32)46-27)14(48-28-24(50)22(40)20(38)13(7-33)47-28)5-10-16(31(30,45)26(43)25(29)42)18(36)9-3-2-4-11(34)15(9)17(10)35/h2-5,12-13,19-25,27-28,32-34,37-42,44-45,50H,6-8H2,1H3/t12-,13-,19+,20+,21-,22+,23-,24+,25+,27-,28+,29-,30-,31-/m0/s1. The molecule has 2 aliphatic heterocycles. The van der Waals surface area contributed by atoms with Crippen molar-refractivity contribution in [3.63, 3.8) is 0 Å². The SMILES string of the molecule is C[C@]1(O)C[C@]2(O[C@@H]3O[C@@H](CO)[C@@H](O)[C@H](O)[C@@H]3O)C(O[C@H]3O[C@@H](CO)[C@@H](O)[C@@H](O)[C@H]3S)=CC3=C(C(=O)c4cccc(O)c4C3=O)[C@]2(O)C(=O)[C@H]1O. The summed E-state index contributed by atoms with van der Waals surface area (Å²) < 4.78 is 23.2. The van der Waals surface area contributed by atoms with Gasteiger partial charge in [-0.1, -0.05) is 12.1 Å². The predicted molar refractivity (Wildman–Crippen MR) is 162 cm³/mol. The zero-order valence-electron chi connectivity index (χ0n) is 26.0. The maximum Gasteiger partial charge on any atom is 0.214 e. The lowest BCUT2D eigenvalue weighted by atomic mass is 9.55. The molecule has 0 radical (unpaired) electrons. The van der Waals surface area contributed by atoms with Crippen LogP contribution in [-0.2, 0) is 23.7 Å². The summed E-state index contributed by atoms with van der Waals surface area (Å²) in [6.45, 7) is -0.887. The Balaban J connectivity index is 1.61. The van der Waals surface area contributed by atoms with E-state index in [9.17, 15) is 70.6 Å². The first-order chi connectivity index (χ1) is 23.4. The van der Waals surface area contributed by atoms with E-state index in [1.807, 2.05) is 0 Å². The Morgan fingerprint density at radius 3 is 2.08 bits per heavy atom. The van der Waals surface area contributed by atoms with Crippen molar-refractivity contribution in [1.29, 1.82) is 0 Å². The molecule has 1 aromatic carbocycles. The number of thiol groups is 1. The zero-order chi connectivity index (χ0) is 36.8. The number of aliphatic hydroxyl groups excluding tert-OH is 8. The summed E-state index contributed by atoms with van der Waals surface area (Å²) in [4.78, 5) is 42.5. The van der Waals surface area contributed by atoms with E-state index in [1.165, 1.54) is 6.07 Å². The number of ether oxygens (including phenoxy) is 4. The minimum absolute atomic E-state index is 0.477. The third-order valence-corrected chi connectivity index (χ3v) is 10.5. The highest BCUT2D eigenvalue weighted by molar-refractivity contribution is 7.81. The molecule has 0 spiro atoms. The maximum absolute atomic E-state index is 14.3. The van der Waals surface area contributed by atoms with Gasteiger partial charge in [-0.2, -0.15) is 12.6 Å². The summed E-state index contributed by atoms with van der Waals surface area (Å²) in [5.74, 6) is -5.58. The number of carbonyl (C=O) groups excluding carboxylic acids is 3. The van der Waals surface area contributed by atoms with Crippen molar-refractivity contribution >= 4 is 30.0 Å². The van der Waals surface area contributed by atoms with Crippen LogP contribution in [0.1, 0.15) is 34.1 Å². The van der Waals surface area contributed by atoms with Gasteiger partial charge in [-0.15, -0.1) is 0 Å². The van der Waals surface area contributed by atoms with Crippen molar-refractivity contribution in [2.24, 2.45) is 0 Å². The van der Waals surface area contributed by atoms with Gasteiger partial charge < -0.3 is 75.1 Å². The van der Waals surface area contributed by atoms with Gasteiger partial charge in [0.1, 0.15) is 60.3 Å². The van der Waals surface area contributed by atoms with Crippen molar-refractivity contribution in [2.75, 3.05) is 13.2 Å². The summed E-state index contributed by atoms with van der Waals surface area (Å²) in [5.41, 5.74) is -11.9. The molecular weight excluding hydrogens is 692 g/mol. The van der Waals surface area contributed by atoms with Gasteiger partial charge in [0.25, 0.3) is 0 Å². The van der Waals surface area contributed by atoms with Crippen molar-refractivity contribution in [2.45, 2.75) is 96.8 Å². The molecule has 19 heteroatoms. The van der Waals surface area contributed by atoms with Gasteiger partial charge in [0.15, 0.2) is 29.1 Å². The lowest BCUT2D eigenvalue weighted by Gasteiger charge is -2.58. The molecule has 14 atom stereocenters. The molecular formula is C31H36O18S. The third-order valence-electron chi connectivity index (χ3n) is 9.93. The van der Waals surface area contributed by atoms with Crippen LogP contribution in [0.5, 0.6) is 5.75 Å². The molecule has 0 amide bonds. The second kappa shape index (κ2) is 12.7. The molecule has 3 aliphatic carbocycles. The van der Waals surface area contributed by atoms with Gasteiger partial charge in [-0.3, -0.25) is 14.4 Å². The molecule has 6 rings (SSSR count). The second-order valence-corrected chi connectivity index (χ2v) is 13.7. The van der Waals surface area contributed by atoms with Crippen molar-refractivity contribution < 1.29 is 89.5 Å². The number of hydrogen-bond acceptors (Lipinski definition) is 19. The minimum atomic E-state index is -3.54. The highest BCUT2D eigenvalue weighted by atomic mass is 32.1. The molecule has 3 fully saturated rings. The first kappa shape index (κ1) is 36.9. The monoisotopic (exact) mass is 728 g/mol. The number of allylic oxidation sites excluding steroid dienone is 2. The number of fused-ring (bicyclic) bond motifs is 3. The highest BCUT2D eigenvalue weighted by Gasteiger charge is 2.75. The van der Waals surface area contributed by atoms with E-state index in [0.29, 0.717) is 0 Å². The quantitative estimate of drug-likeness (QED) is 0.122. The van der Waals surface area contributed by atoms with E-state index in [4.69, 9.17) is 18.9 Å². The van der Waals surface area contributed by atoms with Crippen LogP contribution in [0.3, 0.4) is 0 Å². The second-order valence-electron chi connectivity index (χ2n) is 13.1. The van der Waals surface area contributed by atoms with E-state index in [-0.39, 0.29) is 0 Å². The largest absolute Gasteiger partial charge is 0.507 e. The van der Waals surface area contributed by atoms with Crippen LogP contribution in [0.4, 0.5) is 0 Å². The van der Waals surface area contributed by atoms with Crippen molar-refractivity contribution in [3.05, 3.63) is 52.3 Å². The molecule has 0 bridgehead atoms. The Morgan fingerprint density at radius 1 is 0.860 bits per heavy atom. The van der Waals surface area contributed by atoms with Crippen LogP contribution in [-0.4, -0.2) is 170 Å². The summed E-state index contributed by atoms with van der Waals surface area (Å²) in [5, 5.41) is 117. The molecule has 2 heterocycles. The van der Waals surface area contributed by atoms with E-state index in [0.717, 1.165) is 25.1 Å². The van der Waals surface area contributed by atoms with E-state index in [2.05, 4.69) is 12.6 Å². The fraction of sp³-hybridized carbons (Fsp3) is 0.581. The number of ketones is 3. The summed E-state index contributed by atoms with van der Waals surface area (Å²) in [6, 6.07) is 3.41. The number of benzene rings is 1. The number of rotatable bonds is 6. The predicted octanol–water partition coefficient (Wildman–Crippen LogP) is -4.91. The number of hydrogen-bond donors (Lipinski definition) is 12. The average Bonchev–Trinajstić information content (AvgIpc) is 3.07. The highest BCUT2D eigenvalue weighted by Crippen LogP contribution is 2.57. The van der Waals surface area contributed by atoms with E-state index in [1.54, 1.807) is 0 Å². The zero-order valence-corrected chi connectivity index (χ0v) is 26.9. The van der Waals surface area contributed by atoms with Gasteiger partial charge >= 0.3 is 0 Å². The molecule has 18 nitrogen and oxygen atoms in total. The fourth-order valence-corrected chi connectivity index (χ4v) is 7.49. The van der Waals surface area contributed by atoms with Gasteiger partial charge in [-0.05, 0) is 19.1 Å². The third kappa shape index (κ3) is 5.11. The maximum atomic E-state index is 14.3. The summed E-state index contributed by atoms with van der Waals surface area (Å²) in [7, 11) is 0. The van der Waals surface area contributed by atoms with Gasteiger partial charge in [0.2, 0.25) is 12.1 Å². The van der Waals surface area contributed by atoms with Gasteiger partial charge in [0, 0.05) is 17.6 Å². The normalized spacial score (nSPS) is 44.7. The van der Waals surface area contributed by atoms with E-state index < -0.39 is 154 Å². The summed E-state index contributed by atoms with van der Waals surface area (Å²) >= 11 is 4.24. The molecule has 0 aromatic heterocycles. The van der Waals surface area contributed by atoms with Crippen molar-refractivity contribution in [3.8, 4) is 5.75 Å². The van der Waals surface area contributed by atoms with Gasteiger partial charge in [0.05, 0.1) is 35.2 Å². The first-order valence-electron chi connectivity index (χ1n) is 15.4. The molecule has 0 unspecified atom stereocenters. The number of phenols is 1. The average molecular weight is 729 g/mol. The molecule has 11 N–H and O–H groups in total. The number of phenolic OH excluding ortho intramolecular Hbond substituents is 1. The van der Waals surface area contributed by atoms with Crippen LogP contribution < -0.4 is 0 Å². The number of carbonyl (C=O) groups is 3. The molecule has 50 heavy (non-hydrogen) atoms. The van der Waals surface area contributed by atoms with Crippen LogP contribution in [0.25, 0.3) is 0 Å². The molecule has 5 aliphatic rings. The van der Waals surface area contributed by atoms with Gasteiger partial charge in [-0.25, -0.2) is 0 Å². The first-order valence-corrected chi connectivity index (χ1v) is 15.9. The molecule has 1 aromatic rings. The Kier molecular flexibility index (Phi) is 9.35. The Hall–Kier alpha value is -2.86.